The highest BCUT2D eigenvalue weighted by atomic mass is 16.2. The molecule has 0 saturated carbocycles. The van der Waals surface area contributed by atoms with E-state index >= 15 is 0 Å². The van der Waals surface area contributed by atoms with Gasteiger partial charge in [-0.15, -0.1) is 0 Å². The van der Waals surface area contributed by atoms with Crippen molar-refractivity contribution in [3.05, 3.63) is 35.4 Å². The summed E-state index contributed by atoms with van der Waals surface area (Å²) in [6.45, 7) is 9.99. The third-order valence-electron chi connectivity index (χ3n) is 3.53. The molecule has 0 bridgehead atoms. The van der Waals surface area contributed by atoms with Crippen molar-refractivity contribution in [1.29, 1.82) is 0 Å². The smallest absolute Gasteiger partial charge is 0.227 e. The fourth-order valence-electron chi connectivity index (χ4n) is 2.27. The van der Waals surface area contributed by atoms with Gasteiger partial charge in [0, 0.05) is 19.6 Å². The van der Waals surface area contributed by atoms with Gasteiger partial charge in [0.25, 0.3) is 0 Å². The zero-order valence-corrected chi connectivity index (χ0v) is 12.5. The maximum atomic E-state index is 12.5. The topological polar surface area (TPSA) is 46.3 Å². The summed E-state index contributed by atoms with van der Waals surface area (Å²) in [5.41, 5.74) is 8.14. The zero-order valence-electron chi connectivity index (χ0n) is 12.5. The van der Waals surface area contributed by atoms with Gasteiger partial charge in [0.15, 0.2) is 0 Å². The van der Waals surface area contributed by atoms with Crippen molar-refractivity contribution in [2.24, 2.45) is 17.6 Å². The second-order valence-electron chi connectivity index (χ2n) is 5.43. The average Bonchev–Trinajstić information content (AvgIpc) is 2.36. The molecule has 2 N–H and O–H groups in total. The predicted octanol–water partition coefficient (Wildman–Crippen LogP) is 2.57. The summed E-state index contributed by atoms with van der Waals surface area (Å²) >= 11 is 0. The second kappa shape index (κ2) is 7.29. The van der Waals surface area contributed by atoms with Crippen LogP contribution in [0.5, 0.6) is 0 Å². The predicted molar refractivity (Wildman–Crippen MR) is 79.7 cm³/mol. The molecule has 0 radical (unpaired) electrons. The first-order chi connectivity index (χ1) is 8.99. The number of carbonyl (C=O) groups excluding carboxylic acids is 1. The molecule has 1 aromatic rings. The second-order valence-corrected chi connectivity index (χ2v) is 5.43. The summed E-state index contributed by atoms with van der Waals surface area (Å²) < 4.78 is 0. The number of nitrogens with zero attached hydrogens (tertiary/aromatic N) is 1. The SMILES string of the molecule is CCN(Cc1cccc(C)c1)C(=O)C(CN)C(C)C. The van der Waals surface area contributed by atoms with Crippen LogP contribution in [-0.2, 0) is 11.3 Å². The highest BCUT2D eigenvalue weighted by molar-refractivity contribution is 5.79. The van der Waals surface area contributed by atoms with Crippen molar-refractivity contribution in [3.63, 3.8) is 0 Å². The summed E-state index contributed by atoms with van der Waals surface area (Å²) in [5, 5.41) is 0. The number of aryl methyl sites for hydroxylation is 1. The molecule has 3 heteroatoms. The molecule has 1 atom stereocenters. The van der Waals surface area contributed by atoms with Gasteiger partial charge >= 0.3 is 0 Å². The number of hydrogen-bond acceptors (Lipinski definition) is 2. The highest BCUT2D eigenvalue weighted by Crippen LogP contribution is 2.15. The van der Waals surface area contributed by atoms with Crippen LogP contribution >= 0.6 is 0 Å². The normalized spacial score (nSPS) is 12.5. The van der Waals surface area contributed by atoms with E-state index in [4.69, 9.17) is 5.73 Å². The Morgan fingerprint density at radius 2 is 2.05 bits per heavy atom. The van der Waals surface area contributed by atoms with Gasteiger partial charge in [0.2, 0.25) is 5.91 Å². The zero-order chi connectivity index (χ0) is 14.4. The van der Waals surface area contributed by atoms with Crippen molar-refractivity contribution in [2.45, 2.75) is 34.2 Å². The molecule has 0 aliphatic heterocycles. The molecule has 1 rings (SSSR count). The Morgan fingerprint density at radius 3 is 2.53 bits per heavy atom. The van der Waals surface area contributed by atoms with E-state index in [1.807, 2.05) is 17.9 Å². The monoisotopic (exact) mass is 262 g/mol. The molecule has 0 heterocycles. The van der Waals surface area contributed by atoms with Crippen LogP contribution in [0.4, 0.5) is 0 Å². The number of nitrogens with two attached hydrogens (primary N) is 1. The lowest BCUT2D eigenvalue weighted by Crippen LogP contribution is -2.40. The Bertz CT molecular complexity index is 415. The van der Waals surface area contributed by atoms with Gasteiger partial charge in [-0.3, -0.25) is 4.79 Å². The van der Waals surface area contributed by atoms with Crippen LogP contribution < -0.4 is 5.73 Å². The number of amides is 1. The molecule has 1 amide bonds. The quantitative estimate of drug-likeness (QED) is 0.856. The van der Waals surface area contributed by atoms with E-state index in [9.17, 15) is 4.79 Å². The Labute approximate surface area is 116 Å². The Hall–Kier alpha value is -1.35. The van der Waals surface area contributed by atoms with Crippen molar-refractivity contribution in [2.75, 3.05) is 13.1 Å². The molecular formula is C16H26N2O. The number of rotatable bonds is 6. The largest absolute Gasteiger partial charge is 0.338 e. The van der Waals surface area contributed by atoms with Gasteiger partial charge in [-0.05, 0) is 25.3 Å². The minimum Gasteiger partial charge on any atom is -0.338 e. The van der Waals surface area contributed by atoms with Crippen LogP contribution in [0, 0.1) is 18.8 Å². The molecular weight excluding hydrogens is 236 g/mol. The summed E-state index contributed by atoms with van der Waals surface area (Å²) in [6.07, 6.45) is 0. The molecule has 0 aliphatic rings. The van der Waals surface area contributed by atoms with Crippen LogP contribution in [0.25, 0.3) is 0 Å². The first kappa shape index (κ1) is 15.7. The fourth-order valence-corrected chi connectivity index (χ4v) is 2.27. The third-order valence-corrected chi connectivity index (χ3v) is 3.53. The molecule has 0 saturated heterocycles. The number of benzene rings is 1. The molecule has 106 valence electrons. The average molecular weight is 262 g/mol. The lowest BCUT2D eigenvalue weighted by atomic mass is 9.94. The van der Waals surface area contributed by atoms with E-state index < -0.39 is 0 Å². The Balaban J connectivity index is 2.80. The van der Waals surface area contributed by atoms with Crippen molar-refractivity contribution < 1.29 is 4.79 Å². The maximum Gasteiger partial charge on any atom is 0.227 e. The minimum atomic E-state index is -0.0789. The van der Waals surface area contributed by atoms with E-state index in [1.165, 1.54) is 11.1 Å². The Kier molecular flexibility index (Phi) is 6.03. The van der Waals surface area contributed by atoms with E-state index in [0.717, 1.165) is 6.54 Å². The van der Waals surface area contributed by atoms with Gasteiger partial charge < -0.3 is 10.6 Å². The molecule has 3 nitrogen and oxygen atoms in total. The lowest BCUT2D eigenvalue weighted by molar-refractivity contribution is -0.137. The van der Waals surface area contributed by atoms with E-state index in [2.05, 4.69) is 39.0 Å². The number of carbonyl (C=O) groups is 1. The van der Waals surface area contributed by atoms with Crippen LogP contribution in [0.1, 0.15) is 31.9 Å². The third kappa shape index (κ3) is 4.35. The van der Waals surface area contributed by atoms with Crippen molar-refractivity contribution in [1.82, 2.24) is 4.90 Å². The first-order valence-corrected chi connectivity index (χ1v) is 7.04. The highest BCUT2D eigenvalue weighted by Gasteiger charge is 2.25. The van der Waals surface area contributed by atoms with Gasteiger partial charge in [-0.2, -0.15) is 0 Å². The summed E-state index contributed by atoms with van der Waals surface area (Å²) in [7, 11) is 0. The van der Waals surface area contributed by atoms with Gasteiger partial charge in [-0.25, -0.2) is 0 Å². The standard InChI is InChI=1S/C16H26N2O/c1-5-18(16(19)15(10-17)12(2)3)11-14-8-6-7-13(4)9-14/h6-9,12,15H,5,10-11,17H2,1-4H3. The van der Waals surface area contributed by atoms with E-state index in [-0.39, 0.29) is 17.7 Å². The summed E-state index contributed by atoms with van der Waals surface area (Å²) in [6, 6.07) is 8.29. The first-order valence-electron chi connectivity index (χ1n) is 7.04. The van der Waals surface area contributed by atoms with Crippen molar-refractivity contribution in [3.8, 4) is 0 Å². The molecule has 0 spiro atoms. The molecule has 0 aromatic heterocycles. The summed E-state index contributed by atoms with van der Waals surface area (Å²) in [5.74, 6) is 0.371. The fraction of sp³-hybridized carbons (Fsp3) is 0.562. The number of hydrogen-bond donors (Lipinski definition) is 1. The molecule has 0 aliphatic carbocycles. The summed E-state index contributed by atoms with van der Waals surface area (Å²) in [4.78, 5) is 14.4. The molecule has 1 aromatic carbocycles. The van der Waals surface area contributed by atoms with Crippen LogP contribution in [-0.4, -0.2) is 23.9 Å². The maximum absolute atomic E-state index is 12.5. The van der Waals surface area contributed by atoms with E-state index in [1.54, 1.807) is 0 Å². The Morgan fingerprint density at radius 1 is 1.37 bits per heavy atom. The van der Waals surface area contributed by atoms with Crippen LogP contribution in [0.3, 0.4) is 0 Å². The van der Waals surface area contributed by atoms with Gasteiger partial charge in [-0.1, -0.05) is 43.7 Å². The van der Waals surface area contributed by atoms with E-state index in [0.29, 0.717) is 13.1 Å². The van der Waals surface area contributed by atoms with Crippen LogP contribution in [0.15, 0.2) is 24.3 Å². The van der Waals surface area contributed by atoms with Crippen LogP contribution in [0.2, 0.25) is 0 Å². The minimum absolute atomic E-state index is 0.0789. The van der Waals surface area contributed by atoms with Gasteiger partial charge in [0.1, 0.15) is 0 Å². The molecule has 1 unspecified atom stereocenters. The molecule has 0 fully saturated rings. The molecule has 19 heavy (non-hydrogen) atoms. The van der Waals surface area contributed by atoms with Gasteiger partial charge in [0.05, 0.1) is 5.92 Å². The van der Waals surface area contributed by atoms with Crippen molar-refractivity contribution >= 4 is 5.91 Å². The lowest BCUT2D eigenvalue weighted by Gasteiger charge is -2.27.